The van der Waals surface area contributed by atoms with E-state index in [9.17, 15) is 0 Å². The van der Waals surface area contributed by atoms with Crippen molar-refractivity contribution in [3.8, 4) is 0 Å². The number of hydrogen-bond acceptors (Lipinski definition) is 1. The maximum Gasteiger partial charge on any atom is 0.0295 e. The van der Waals surface area contributed by atoms with Crippen molar-refractivity contribution in [2.45, 2.75) is 5.67 Å². The molecule has 0 amide bonds. The molecule has 1 aromatic rings. The second-order valence-corrected chi connectivity index (χ2v) is 3.37. The van der Waals surface area contributed by atoms with Crippen LogP contribution < -0.4 is 5.73 Å². The largest absolute Gasteiger partial charge is 0.327 e. The second kappa shape index (κ2) is 2.80. The van der Waals surface area contributed by atoms with Gasteiger partial charge in [-0.25, -0.2) is 0 Å². The number of benzene rings is 1. The molecule has 0 heterocycles. The average Bonchev–Trinajstić information content (AvgIpc) is 1.90. The smallest absolute Gasteiger partial charge is 0.0295 e. The second-order valence-electron chi connectivity index (χ2n) is 2.12. The van der Waals surface area contributed by atoms with Crippen LogP contribution in [0.4, 0.5) is 0 Å². The summed E-state index contributed by atoms with van der Waals surface area (Å²) in [5.41, 5.74) is 7.16. The van der Waals surface area contributed by atoms with Crippen LogP contribution in [0.3, 0.4) is 0 Å². The van der Waals surface area contributed by atoms with Crippen molar-refractivity contribution < 1.29 is 0 Å². The van der Waals surface area contributed by atoms with E-state index < -0.39 is 0 Å². The fourth-order valence-corrected chi connectivity index (χ4v) is 1.09. The fourth-order valence-electron chi connectivity index (χ4n) is 0.703. The Balaban J connectivity index is 2.85. The molecular formula is C7H10NSi. The molecule has 0 bridgehead atoms. The van der Waals surface area contributed by atoms with E-state index in [-0.39, 0.29) is 5.67 Å². The maximum atomic E-state index is 5.66. The van der Waals surface area contributed by atoms with Crippen molar-refractivity contribution in [2.24, 2.45) is 5.73 Å². The molecule has 0 saturated heterocycles. The van der Waals surface area contributed by atoms with E-state index in [1.807, 2.05) is 24.3 Å². The Morgan fingerprint density at radius 3 is 2.33 bits per heavy atom. The van der Waals surface area contributed by atoms with Gasteiger partial charge < -0.3 is 5.73 Å². The molecule has 2 N–H and O–H groups in total. The minimum absolute atomic E-state index is 0.277. The molecule has 47 valence electrons. The van der Waals surface area contributed by atoms with E-state index in [2.05, 4.69) is 6.07 Å². The highest BCUT2D eigenvalue weighted by molar-refractivity contribution is 6.11. The van der Waals surface area contributed by atoms with E-state index >= 15 is 0 Å². The SMILES string of the molecule is NC([SiH3])c1cc[c]cc1. The van der Waals surface area contributed by atoms with Gasteiger partial charge in [-0.15, -0.1) is 0 Å². The van der Waals surface area contributed by atoms with Gasteiger partial charge in [-0.05, 0) is 11.6 Å². The molecule has 0 aliphatic carbocycles. The first kappa shape index (κ1) is 6.52. The van der Waals surface area contributed by atoms with Crippen LogP contribution >= 0.6 is 0 Å². The Bertz CT molecular complexity index is 172. The molecule has 0 aliphatic rings. The fraction of sp³-hybridized carbons (Fsp3) is 0.143. The van der Waals surface area contributed by atoms with Gasteiger partial charge in [0.2, 0.25) is 0 Å². The quantitative estimate of drug-likeness (QED) is 0.532. The van der Waals surface area contributed by atoms with Crippen LogP contribution in [0.1, 0.15) is 11.2 Å². The van der Waals surface area contributed by atoms with Crippen molar-refractivity contribution in [1.29, 1.82) is 0 Å². The molecule has 1 atom stereocenters. The van der Waals surface area contributed by atoms with Gasteiger partial charge in [-0.3, -0.25) is 0 Å². The third kappa shape index (κ3) is 1.66. The highest BCUT2D eigenvalue weighted by Gasteiger charge is 1.93. The summed E-state index contributed by atoms with van der Waals surface area (Å²) < 4.78 is 0. The molecule has 0 aliphatic heterocycles. The van der Waals surface area contributed by atoms with Crippen molar-refractivity contribution in [3.63, 3.8) is 0 Å². The number of nitrogens with two attached hydrogens (primary N) is 1. The van der Waals surface area contributed by atoms with E-state index in [1.54, 1.807) is 0 Å². The van der Waals surface area contributed by atoms with Crippen LogP contribution in [-0.4, -0.2) is 10.2 Å². The lowest BCUT2D eigenvalue weighted by molar-refractivity contribution is 1.02. The molecule has 1 radical (unpaired) electrons. The van der Waals surface area contributed by atoms with Crippen LogP contribution in [0.15, 0.2) is 24.3 Å². The van der Waals surface area contributed by atoms with Crippen molar-refractivity contribution in [1.82, 2.24) is 0 Å². The highest BCUT2D eigenvalue weighted by atomic mass is 28.1. The predicted octanol–water partition coefficient (Wildman–Crippen LogP) is -0.191. The van der Waals surface area contributed by atoms with E-state index in [1.165, 1.54) is 5.56 Å². The number of hydrogen-bond donors (Lipinski definition) is 1. The van der Waals surface area contributed by atoms with E-state index in [4.69, 9.17) is 5.73 Å². The van der Waals surface area contributed by atoms with Gasteiger partial charge in [0.15, 0.2) is 0 Å². The first-order valence-corrected chi connectivity index (χ1v) is 4.18. The lowest BCUT2D eigenvalue weighted by Gasteiger charge is -2.01. The zero-order valence-electron chi connectivity index (χ0n) is 5.46. The molecule has 2 heteroatoms. The van der Waals surface area contributed by atoms with Crippen molar-refractivity contribution in [3.05, 3.63) is 35.9 Å². The van der Waals surface area contributed by atoms with Gasteiger partial charge in [-0.1, -0.05) is 24.3 Å². The van der Waals surface area contributed by atoms with Crippen LogP contribution in [0.25, 0.3) is 0 Å². The molecule has 1 unspecified atom stereocenters. The molecule has 1 rings (SSSR count). The standard InChI is InChI=1S/C7H10NSi/c8-7(9)6-4-2-1-3-5-6/h2-5,7H,8H2,9H3. The molecule has 0 fully saturated rings. The molecule has 0 aromatic heterocycles. The predicted molar refractivity (Wildman–Crippen MR) is 42.1 cm³/mol. The number of rotatable bonds is 1. The third-order valence-corrected chi connectivity index (χ3v) is 1.94. The zero-order chi connectivity index (χ0) is 6.69. The molecule has 1 aromatic carbocycles. The molecule has 0 saturated carbocycles. The van der Waals surface area contributed by atoms with Crippen LogP contribution in [-0.2, 0) is 0 Å². The normalized spacial score (nSPS) is 13.4. The summed E-state index contributed by atoms with van der Waals surface area (Å²) in [5.74, 6) is 0. The Morgan fingerprint density at radius 2 is 2.00 bits per heavy atom. The van der Waals surface area contributed by atoms with Gasteiger partial charge in [0.05, 0.1) is 0 Å². The summed E-state index contributed by atoms with van der Waals surface area (Å²) in [4.78, 5) is 0. The van der Waals surface area contributed by atoms with Crippen LogP contribution in [0, 0.1) is 6.07 Å². The van der Waals surface area contributed by atoms with E-state index in [0.717, 1.165) is 10.2 Å². The molecule has 9 heavy (non-hydrogen) atoms. The Morgan fingerprint density at radius 1 is 1.44 bits per heavy atom. The summed E-state index contributed by atoms with van der Waals surface area (Å²) in [6, 6.07) is 10.8. The monoisotopic (exact) mass is 136 g/mol. The Kier molecular flexibility index (Phi) is 2.03. The summed E-state index contributed by atoms with van der Waals surface area (Å²) in [6.07, 6.45) is 0. The lowest BCUT2D eigenvalue weighted by Crippen LogP contribution is -2.08. The lowest BCUT2D eigenvalue weighted by atomic mass is 10.2. The highest BCUT2D eigenvalue weighted by Crippen LogP contribution is 2.03. The van der Waals surface area contributed by atoms with Gasteiger partial charge in [0.1, 0.15) is 0 Å². The van der Waals surface area contributed by atoms with E-state index in [0.29, 0.717) is 0 Å². The van der Waals surface area contributed by atoms with Gasteiger partial charge in [0, 0.05) is 15.9 Å². The van der Waals surface area contributed by atoms with Crippen molar-refractivity contribution in [2.75, 3.05) is 0 Å². The van der Waals surface area contributed by atoms with Gasteiger partial charge >= 0.3 is 0 Å². The Hall–Kier alpha value is -0.603. The molecular weight excluding hydrogens is 126 g/mol. The topological polar surface area (TPSA) is 26.0 Å². The van der Waals surface area contributed by atoms with Crippen LogP contribution in [0.2, 0.25) is 0 Å². The van der Waals surface area contributed by atoms with Crippen LogP contribution in [0.5, 0.6) is 0 Å². The summed E-state index contributed by atoms with van der Waals surface area (Å²) in [6.45, 7) is 0. The first-order chi connectivity index (χ1) is 4.30. The summed E-state index contributed by atoms with van der Waals surface area (Å²) in [5, 5.41) is 0. The third-order valence-electron chi connectivity index (χ3n) is 1.27. The molecule has 1 nitrogen and oxygen atoms in total. The minimum Gasteiger partial charge on any atom is -0.327 e. The average molecular weight is 136 g/mol. The minimum atomic E-state index is 0.277. The summed E-state index contributed by atoms with van der Waals surface area (Å²) in [7, 11) is 1.02. The maximum absolute atomic E-state index is 5.66. The summed E-state index contributed by atoms with van der Waals surface area (Å²) >= 11 is 0. The van der Waals surface area contributed by atoms with Crippen molar-refractivity contribution >= 4 is 10.2 Å². The molecule has 0 spiro atoms. The Labute approximate surface area is 58.3 Å². The first-order valence-electron chi connectivity index (χ1n) is 3.02. The van der Waals surface area contributed by atoms with Gasteiger partial charge in [-0.2, -0.15) is 0 Å². The van der Waals surface area contributed by atoms with Gasteiger partial charge in [0.25, 0.3) is 0 Å². The zero-order valence-corrected chi connectivity index (χ0v) is 7.46.